The van der Waals surface area contributed by atoms with Gasteiger partial charge in [-0.15, -0.1) is 0 Å². The van der Waals surface area contributed by atoms with Gasteiger partial charge in [-0.3, -0.25) is 9.59 Å². The quantitative estimate of drug-likeness (QED) is 0.231. The number of fused-ring (bicyclic) bond motifs is 1. The highest BCUT2D eigenvalue weighted by molar-refractivity contribution is 6.00. The number of hydrogen-bond acceptors (Lipinski definition) is 9. The minimum Gasteiger partial charge on any atom is -0.460 e. The summed E-state index contributed by atoms with van der Waals surface area (Å²) in [6, 6.07) is 5.56. The highest BCUT2D eigenvalue weighted by Gasteiger charge is 2.47. The number of carbonyl (C=O) groups excluding carboxylic acids is 4. The topological polar surface area (TPSA) is 146 Å². The van der Waals surface area contributed by atoms with E-state index in [1.165, 1.54) is 0 Å². The summed E-state index contributed by atoms with van der Waals surface area (Å²) in [6.45, 7) is 6.73. The number of furan rings is 1. The molecule has 2 aliphatic heterocycles. The third-order valence-electron chi connectivity index (χ3n) is 12.0. The maximum atomic E-state index is 14.3. The number of likely N-dealkylation sites (tertiary alicyclic amines) is 1. The van der Waals surface area contributed by atoms with Crippen molar-refractivity contribution < 1.29 is 46.9 Å². The molecule has 0 radical (unpaired) electrons. The van der Waals surface area contributed by atoms with Crippen molar-refractivity contribution in [2.24, 2.45) is 29.6 Å². The summed E-state index contributed by atoms with van der Waals surface area (Å²) in [5.74, 6) is -0.516. The maximum absolute atomic E-state index is 14.3. The molecule has 0 spiro atoms. The number of rotatable bonds is 11. The van der Waals surface area contributed by atoms with E-state index in [4.69, 9.17) is 23.4 Å². The van der Waals surface area contributed by atoms with Crippen LogP contribution in [0.1, 0.15) is 102 Å². The maximum Gasteiger partial charge on any atom is 0.407 e. The first-order chi connectivity index (χ1) is 25.9. The summed E-state index contributed by atoms with van der Waals surface area (Å²) >= 11 is 0. The molecule has 3 heterocycles. The Hall–Kier alpha value is -3.71. The Bertz CT molecular complexity index is 1600. The molecule has 13 heteroatoms. The molecule has 2 aliphatic carbocycles. The second-order valence-corrected chi connectivity index (χ2v) is 16.7. The van der Waals surface area contributed by atoms with Crippen molar-refractivity contribution in [1.82, 2.24) is 10.2 Å². The molecule has 12 nitrogen and oxygen atoms in total. The van der Waals surface area contributed by atoms with Gasteiger partial charge < -0.3 is 38.9 Å². The van der Waals surface area contributed by atoms with Crippen molar-refractivity contribution in [1.29, 1.82) is 0 Å². The molecule has 3 atom stereocenters. The second-order valence-electron chi connectivity index (χ2n) is 16.7. The lowest BCUT2D eigenvalue weighted by Gasteiger charge is -2.38. The summed E-state index contributed by atoms with van der Waals surface area (Å²) < 4.78 is 41.8. The zero-order valence-electron chi connectivity index (χ0n) is 32.2. The summed E-state index contributed by atoms with van der Waals surface area (Å²) in [7, 11) is 1.74. The summed E-state index contributed by atoms with van der Waals surface area (Å²) in [5.41, 5.74) is 0.361. The third-order valence-corrected chi connectivity index (χ3v) is 12.0. The molecule has 1 aromatic carbocycles. The van der Waals surface area contributed by atoms with E-state index in [1.54, 1.807) is 57.0 Å². The number of carbonyl (C=O) groups is 4. The molecule has 2 N–H and O–H groups in total. The van der Waals surface area contributed by atoms with E-state index in [2.05, 4.69) is 10.6 Å². The molecular weight excluding hydrogens is 697 g/mol. The number of nitrogens with one attached hydrogen (secondary N) is 2. The van der Waals surface area contributed by atoms with Crippen LogP contribution in [0, 0.1) is 29.6 Å². The van der Waals surface area contributed by atoms with E-state index in [-0.39, 0.29) is 53.3 Å². The van der Waals surface area contributed by atoms with Crippen molar-refractivity contribution in [3.63, 3.8) is 0 Å². The number of methoxy groups -OCH3 is 1. The van der Waals surface area contributed by atoms with Crippen molar-refractivity contribution in [3.8, 4) is 0 Å². The van der Waals surface area contributed by atoms with Gasteiger partial charge in [0.15, 0.2) is 0 Å². The van der Waals surface area contributed by atoms with Crippen LogP contribution in [0.3, 0.4) is 0 Å². The Morgan fingerprint density at radius 3 is 2.33 bits per heavy atom. The highest BCUT2D eigenvalue weighted by Crippen LogP contribution is 2.42. The lowest BCUT2D eigenvalue weighted by Crippen LogP contribution is -2.50. The molecule has 0 bridgehead atoms. The monoisotopic (exact) mass is 755 g/mol. The van der Waals surface area contributed by atoms with Crippen LogP contribution >= 0.6 is 0 Å². The Morgan fingerprint density at radius 2 is 1.67 bits per heavy atom. The average molecular weight is 756 g/mol. The van der Waals surface area contributed by atoms with Gasteiger partial charge in [-0.2, -0.15) is 0 Å². The number of alkyl halides is 1. The number of anilines is 1. The Kier molecular flexibility index (Phi) is 13.2. The smallest absolute Gasteiger partial charge is 0.407 e. The van der Waals surface area contributed by atoms with Gasteiger partial charge in [-0.25, -0.2) is 14.0 Å². The predicted octanol–water partition coefficient (Wildman–Crippen LogP) is 7.05. The van der Waals surface area contributed by atoms with Crippen LogP contribution in [0.5, 0.6) is 0 Å². The molecule has 6 rings (SSSR count). The van der Waals surface area contributed by atoms with Crippen LogP contribution in [-0.2, 0) is 28.5 Å². The second kappa shape index (κ2) is 17.8. The summed E-state index contributed by atoms with van der Waals surface area (Å²) in [6.07, 6.45) is 8.03. The fourth-order valence-corrected chi connectivity index (χ4v) is 9.01. The fourth-order valence-electron chi connectivity index (χ4n) is 9.01. The van der Waals surface area contributed by atoms with E-state index in [0.29, 0.717) is 68.7 Å². The SMILES string of the molecule is COC1CCC([C@@H]2CCN(C(=O)[C@H]3CC[C@H]([C@@H](CF)NC(=O)OC(C)(C)C)CC3)[C@@H]2C(=O)Nc2ccc3oc(C(=O)OCC4CCOCC4)cc3c2)CC1. The lowest BCUT2D eigenvalue weighted by molar-refractivity contribution is -0.142. The van der Waals surface area contributed by atoms with Gasteiger partial charge in [-0.05, 0) is 139 Å². The van der Waals surface area contributed by atoms with Crippen molar-refractivity contribution in [3.05, 3.63) is 30.0 Å². The molecule has 1 aromatic heterocycles. The van der Waals surface area contributed by atoms with Crippen LogP contribution in [0.4, 0.5) is 14.9 Å². The van der Waals surface area contributed by atoms with E-state index in [0.717, 1.165) is 44.9 Å². The number of nitrogens with zero attached hydrogens (tertiary/aromatic N) is 1. The van der Waals surface area contributed by atoms with Gasteiger partial charge in [0.25, 0.3) is 0 Å². The Labute approximate surface area is 317 Å². The van der Waals surface area contributed by atoms with Gasteiger partial charge in [-0.1, -0.05) is 0 Å². The van der Waals surface area contributed by atoms with Crippen molar-refractivity contribution in [2.45, 2.75) is 115 Å². The van der Waals surface area contributed by atoms with Gasteiger partial charge in [0, 0.05) is 43.9 Å². The number of amides is 3. The van der Waals surface area contributed by atoms with Gasteiger partial charge in [0.05, 0.1) is 18.8 Å². The molecule has 4 aliphatic rings. The molecular formula is C41H58FN3O9. The number of hydrogen-bond donors (Lipinski definition) is 2. The predicted molar refractivity (Wildman–Crippen MR) is 200 cm³/mol. The molecule has 3 amide bonds. The molecule has 298 valence electrons. The summed E-state index contributed by atoms with van der Waals surface area (Å²) in [4.78, 5) is 55.6. The van der Waals surface area contributed by atoms with Crippen LogP contribution in [0.2, 0.25) is 0 Å². The zero-order chi connectivity index (χ0) is 38.4. The number of halogens is 1. The third kappa shape index (κ3) is 9.93. The van der Waals surface area contributed by atoms with Crippen LogP contribution < -0.4 is 10.6 Å². The van der Waals surface area contributed by atoms with Crippen LogP contribution in [0.25, 0.3) is 11.0 Å². The van der Waals surface area contributed by atoms with Crippen LogP contribution in [-0.4, -0.2) is 92.7 Å². The lowest BCUT2D eigenvalue weighted by atomic mass is 9.75. The molecule has 54 heavy (non-hydrogen) atoms. The number of esters is 1. The highest BCUT2D eigenvalue weighted by atomic mass is 19.1. The van der Waals surface area contributed by atoms with Crippen LogP contribution in [0.15, 0.2) is 28.7 Å². The molecule has 2 saturated heterocycles. The minimum atomic E-state index is -0.712. The Balaban J connectivity index is 1.12. The van der Waals surface area contributed by atoms with E-state index in [9.17, 15) is 23.6 Å². The van der Waals surface area contributed by atoms with Crippen molar-refractivity contribution >= 4 is 40.5 Å². The number of benzene rings is 1. The van der Waals surface area contributed by atoms with Gasteiger partial charge in [0.2, 0.25) is 17.6 Å². The number of alkyl carbamates (subject to hydrolysis) is 1. The van der Waals surface area contributed by atoms with E-state index in [1.807, 2.05) is 0 Å². The molecule has 0 unspecified atom stereocenters. The van der Waals surface area contributed by atoms with Crippen molar-refractivity contribution in [2.75, 3.05) is 45.5 Å². The van der Waals surface area contributed by atoms with Gasteiger partial charge in [0.1, 0.15) is 23.9 Å². The zero-order valence-corrected chi connectivity index (χ0v) is 32.2. The Morgan fingerprint density at radius 1 is 0.944 bits per heavy atom. The minimum absolute atomic E-state index is 0.00629. The molecule has 4 fully saturated rings. The molecule has 2 saturated carbocycles. The largest absolute Gasteiger partial charge is 0.460 e. The standard InChI is InChI=1S/C41H58FN3O9/c1-41(2,3)54-40(49)44-33(23-42)27-5-7-28(8-6-27)38(47)45-18-15-32(26-9-12-31(50-4)13-10-26)36(45)37(46)43-30-11-14-34-29(21-30)22-35(53-34)39(48)52-24-25-16-19-51-20-17-25/h11,14,21-22,25-28,31-33,36H,5-10,12-13,15-20,23-24H2,1-4H3,(H,43,46)(H,44,49)/t26?,27-,28-,31?,32-,33+,36-/m0/s1. The van der Waals surface area contributed by atoms with E-state index < -0.39 is 36.4 Å². The normalized spacial score (nSPS) is 27.3. The fraction of sp³-hybridized carbons (Fsp3) is 0.707. The first-order valence-electron chi connectivity index (χ1n) is 19.9. The first kappa shape index (κ1) is 40.0. The van der Waals surface area contributed by atoms with E-state index >= 15 is 0 Å². The molecule has 2 aromatic rings. The summed E-state index contributed by atoms with van der Waals surface area (Å²) in [5, 5.41) is 6.46. The average Bonchev–Trinajstić information content (AvgIpc) is 3.81. The van der Waals surface area contributed by atoms with Gasteiger partial charge >= 0.3 is 12.1 Å². The first-order valence-corrected chi connectivity index (χ1v) is 19.9. The number of ether oxygens (including phenoxy) is 4.